The first-order valence-corrected chi connectivity index (χ1v) is 10.9. The monoisotopic (exact) mass is 428 g/mol. The summed E-state index contributed by atoms with van der Waals surface area (Å²) in [4.78, 5) is 30.6. The topological polar surface area (TPSA) is 109 Å². The molecule has 0 aliphatic heterocycles. The van der Waals surface area contributed by atoms with Gasteiger partial charge in [0.15, 0.2) is 11.6 Å². The number of hydrogen-bond acceptors (Lipinski definition) is 7. The molecule has 31 heavy (non-hydrogen) atoms. The van der Waals surface area contributed by atoms with Crippen molar-refractivity contribution in [2.24, 2.45) is 5.92 Å². The Labute approximate surface area is 184 Å². The number of allylic oxidation sites excluding steroid dienone is 1. The van der Waals surface area contributed by atoms with Crippen molar-refractivity contribution in [3.05, 3.63) is 41.2 Å². The Bertz CT molecular complexity index is 805. The summed E-state index contributed by atoms with van der Waals surface area (Å²) in [7, 11) is 0. The summed E-state index contributed by atoms with van der Waals surface area (Å²) in [6.45, 7) is 5.95. The number of aliphatic hydroxyl groups excluding tert-OH is 1. The van der Waals surface area contributed by atoms with E-state index in [1.54, 1.807) is 31.2 Å². The van der Waals surface area contributed by atoms with Gasteiger partial charge >= 0.3 is 0 Å². The maximum Gasteiger partial charge on any atom is 0.170 e. The van der Waals surface area contributed by atoms with E-state index in [-0.39, 0.29) is 41.5 Å². The number of aliphatic hydroxyl groups is 1. The molecular formula is C24H32N2O5. The number of Topliss-reactive ketones (excluding diaryl/α,β-unsaturated/α-hetero) is 2. The van der Waals surface area contributed by atoms with Crippen LogP contribution < -0.4 is 10.2 Å². The van der Waals surface area contributed by atoms with Crippen molar-refractivity contribution < 1.29 is 24.3 Å². The summed E-state index contributed by atoms with van der Waals surface area (Å²) >= 11 is 0. The van der Waals surface area contributed by atoms with Gasteiger partial charge < -0.3 is 9.84 Å². The molecule has 2 N–H and O–H groups in total. The zero-order valence-corrected chi connectivity index (χ0v) is 18.5. The van der Waals surface area contributed by atoms with Crippen molar-refractivity contribution >= 4 is 11.6 Å². The third-order valence-electron chi connectivity index (χ3n) is 5.35. The van der Waals surface area contributed by atoms with E-state index in [2.05, 4.69) is 12.4 Å². The lowest BCUT2D eigenvalue weighted by Crippen LogP contribution is -2.38. The third-order valence-corrected chi connectivity index (χ3v) is 5.35. The Hall–Kier alpha value is -2.69. The molecule has 0 heterocycles. The fourth-order valence-corrected chi connectivity index (χ4v) is 3.52. The number of rotatable bonds is 11. The van der Waals surface area contributed by atoms with E-state index in [0.717, 1.165) is 19.3 Å². The molecule has 1 aliphatic carbocycles. The molecule has 1 unspecified atom stereocenters. The molecule has 2 atom stereocenters. The van der Waals surface area contributed by atoms with Gasteiger partial charge in [0.05, 0.1) is 23.2 Å². The van der Waals surface area contributed by atoms with Gasteiger partial charge in [0.25, 0.3) is 0 Å². The Balaban J connectivity index is 1.91. The minimum absolute atomic E-state index is 0.0696. The second kappa shape index (κ2) is 12.2. The summed E-state index contributed by atoms with van der Waals surface area (Å²) in [5.41, 5.74) is 3.24. The molecule has 0 spiro atoms. The number of benzene rings is 1. The van der Waals surface area contributed by atoms with Gasteiger partial charge in [-0.1, -0.05) is 26.7 Å². The van der Waals surface area contributed by atoms with Gasteiger partial charge in [-0.15, -0.1) is 0 Å². The Morgan fingerprint density at radius 3 is 2.42 bits per heavy atom. The molecule has 0 aromatic heterocycles. The van der Waals surface area contributed by atoms with Gasteiger partial charge in [-0.3, -0.25) is 14.4 Å². The minimum Gasteiger partial charge on any atom is -0.510 e. The number of nitrogens with zero attached hydrogens (tertiary/aromatic N) is 1. The zero-order chi connectivity index (χ0) is 22.8. The fourth-order valence-electron chi connectivity index (χ4n) is 3.52. The highest BCUT2D eigenvalue weighted by Gasteiger charge is 2.34. The largest absolute Gasteiger partial charge is 0.510 e. The summed E-state index contributed by atoms with van der Waals surface area (Å²) in [5.74, 6) is -0.131. The fraction of sp³-hybridized carbons (Fsp3) is 0.542. The number of carbonyl (C=O) groups excluding carboxylic acids is 2. The predicted octanol–water partition coefficient (Wildman–Crippen LogP) is 4.18. The third kappa shape index (κ3) is 7.20. The van der Waals surface area contributed by atoms with Crippen LogP contribution in [-0.4, -0.2) is 35.4 Å². The number of carbonyl (C=O) groups is 2. The van der Waals surface area contributed by atoms with Crippen LogP contribution in [0.25, 0.3) is 0 Å². The van der Waals surface area contributed by atoms with Crippen LogP contribution >= 0.6 is 0 Å². The molecule has 2 rings (SSSR count). The van der Waals surface area contributed by atoms with Crippen molar-refractivity contribution in [1.82, 2.24) is 5.48 Å². The van der Waals surface area contributed by atoms with Gasteiger partial charge in [-0.2, -0.15) is 10.7 Å². The van der Waals surface area contributed by atoms with E-state index in [9.17, 15) is 14.7 Å². The zero-order valence-electron chi connectivity index (χ0n) is 18.5. The highest BCUT2D eigenvalue weighted by atomic mass is 16.7. The quantitative estimate of drug-likeness (QED) is 0.236. The summed E-state index contributed by atoms with van der Waals surface area (Å²) < 4.78 is 5.63. The lowest BCUT2D eigenvalue weighted by molar-refractivity contribution is -0.126. The van der Waals surface area contributed by atoms with Gasteiger partial charge in [0, 0.05) is 12.8 Å². The normalized spacial score (nSPS) is 18.4. The molecule has 1 aliphatic rings. The summed E-state index contributed by atoms with van der Waals surface area (Å²) in [6.07, 6.45) is 3.56. The van der Waals surface area contributed by atoms with E-state index in [0.29, 0.717) is 30.6 Å². The number of hydroxylamine groups is 1. The predicted molar refractivity (Wildman–Crippen MR) is 116 cm³/mol. The Morgan fingerprint density at radius 2 is 1.87 bits per heavy atom. The molecule has 1 aromatic carbocycles. The van der Waals surface area contributed by atoms with Gasteiger partial charge in [-0.25, -0.2) is 0 Å². The van der Waals surface area contributed by atoms with Crippen LogP contribution in [0.3, 0.4) is 0 Å². The Kier molecular flexibility index (Phi) is 9.70. The minimum atomic E-state index is -0.660. The average Bonchev–Trinajstić information content (AvgIpc) is 2.76. The molecule has 168 valence electrons. The smallest absolute Gasteiger partial charge is 0.170 e. The van der Waals surface area contributed by atoms with Crippen molar-refractivity contribution in [3.8, 4) is 11.8 Å². The molecule has 1 saturated carbocycles. The number of nitriles is 1. The van der Waals surface area contributed by atoms with Crippen LogP contribution in [0.4, 0.5) is 0 Å². The molecule has 1 aromatic rings. The van der Waals surface area contributed by atoms with Crippen LogP contribution in [0.15, 0.2) is 35.6 Å². The van der Waals surface area contributed by atoms with Crippen molar-refractivity contribution in [2.75, 3.05) is 6.61 Å². The molecule has 0 saturated heterocycles. The summed E-state index contributed by atoms with van der Waals surface area (Å²) in [5, 5.41) is 19.5. The van der Waals surface area contributed by atoms with Crippen LogP contribution in [0.5, 0.6) is 5.75 Å². The highest BCUT2D eigenvalue weighted by molar-refractivity contribution is 6.22. The van der Waals surface area contributed by atoms with E-state index in [1.165, 1.54) is 0 Å². The van der Waals surface area contributed by atoms with E-state index < -0.39 is 6.04 Å². The van der Waals surface area contributed by atoms with Gasteiger partial charge in [-0.05, 0) is 49.9 Å². The molecular weight excluding hydrogens is 396 g/mol. The molecule has 0 radical (unpaired) electrons. The van der Waals surface area contributed by atoms with Crippen LogP contribution in [-0.2, 0) is 14.4 Å². The lowest BCUT2D eigenvalue weighted by Gasteiger charge is -2.25. The van der Waals surface area contributed by atoms with Crippen LogP contribution in [0.1, 0.15) is 64.9 Å². The number of ketones is 2. The van der Waals surface area contributed by atoms with E-state index >= 15 is 0 Å². The van der Waals surface area contributed by atoms with Crippen LogP contribution in [0, 0.1) is 17.2 Å². The first kappa shape index (κ1) is 24.6. The Morgan fingerprint density at radius 1 is 1.23 bits per heavy atom. The summed E-state index contributed by atoms with van der Waals surface area (Å²) in [6, 6.07) is 8.14. The molecule has 0 amide bonds. The first-order chi connectivity index (χ1) is 14.9. The lowest BCUT2D eigenvalue weighted by atomic mass is 9.80. The average molecular weight is 429 g/mol. The standard InChI is InChI=1S/C24H32N2O5/c1-4-6-7-18-12-21(27)23(22(28)13-18)24(29)20(5-2)26-31-16(3)15-30-19-10-8-17(14-25)9-11-19/h8-11,16,18,20,26,29H,4-7,12-13,15H2,1-3H3/t16-,18?,20?/m1/s1. The number of nitrogens with one attached hydrogen (secondary N) is 1. The van der Waals surface area contributed by atoms with Gasteiger partial charge in [0.1, 0.15) is 24.2 Å². The number of ether oxygens (including phenoxy) is 1. The van der Waals surface area contributed by atoms with Gasteiger partial charge in [0.2, 0.25) is 0 Å². The first-order valence-electron chi connectivity index (χ1n) is 10.9. The number of hydrogen-bond donors (Lipinski definition) is 2. The molecule has 1 fully saturated rings. The maximum absolute atomic E-state index is 12.5. The molecule has 7 nitrogen and oxygen atoms in total. The van der Waals surface area contributed by atoms with Crippen molar-refractivity contribution in [2.45, 2.75) is 71.4 Å². The van der Waals surface area contributed by atoms with E-state index in [1.807, 2.05) is 13.0 Å². The van der Waals surface area contributed by atoms with Crippen molar-refractivity contribution in [1.29, 1.82) is 5.26 Å². The highest BCUT2D eigenvalue weighted by Crippen LogP contribution is 2.29. The second-order valence-electron chi connectivity index (χ2n) is 7.98. The van der Waals surface area contributed by atoms with E-state index in [4.69, 9.17) is 14.8 Å². The maximum atomic E-state index is 12.5. The van der Waals surface area contributed by atoms with Crippen LogP contribution in [0.2, 0.25) is 0 Å². The van der Waals surface area contributed by atoms with Crippen molar-refractivity contribution in [3.63, 3.8) is 0 Å². The SMILES string of the molecule is CCCCC1CC(=O)C(=C(O)C(CC)NO[C@H](C)COc2ccc(C#N)cc2)C(=O)C1. The number of unbranched alkanes of at least 4 members (excludes halogenated alkanes) is 1. The molecule has 7 heteroatoms. The second-order valence-corrected chi connectivity index (χ2v) is 7.98. The molecule has 0 bridgehead atoms.